The Labute approximate surface area is 142 Å². The normalized spacial score (nSPS) is 21.8. The average molecular weight is 328 g/mol. The van der Waals surface area contributed by atoms with E-state index in [0.29, 0.717) is 30.3 Å². The van der Waals surface area contributed by atoms with Crippen molar-refractivity contribution in [3.63, 3.8) is 0 Å². The van der Waals surface area contributed by atoms with Crippen molar-refractivity contribution in [3.05, 3.63) is 29.8 Å². The second-order valence-corrected chi connectivity index (χ2v) is 6.86. The van der Waals surface area contributed by atoms with Crippen LogP contribution in [0.2, 0.25) is 0 Å². The van der Waals surface area contributed by atoms with Gasteiger partial charge < -0.3 is 10.2 Å². The highest BCUT2D eigenvalue weighted by Crippen LogP contribution is 2.29. The maximum atomic E-state index is 12.5. The van der Waals surface area contributed by atoms with E-state index in [1.165, 1.54) is 26.2 Å². The molecule has 0 aromatic heterocycles. The van der Waals surface area contributed by atoms with E-state index in [-0.39, 0.29) is 23.5 Å². The van der Waals surface area contributed by atoms with E-state index in [1.807, 2.05) is 4.90 Å². The lowest BCUT2D eigenvalue weighted by Gasteiger charge is -2.31. The predicted molar refractivity (Wildman–Crippen MR) is 91.8 cm³/mol. The summed E-state index contributed by atoms with van der Waals surface area (Å²) in [4.78, 5) is 37.9. The van der Waals surface area contributed by atoms with Crippen molar-refractivity contribution >= 4 is 23.3 Å². The first-order valence-corrected chi connectivity index (χ1v) is 8.76. The van der Waals surface area contributed by atoms with Crippen LogP contribution in [0, 0.1) is 5.92 Å². The van der Waals surface area contributed by atoms with E-state index in [1.54, 1.807) is 24.3 Å². The van der Waals surface area contributed by atoms with Gasteiger partial charge in [-0.1, -0.05) is 19.3 Å². The van der Waals surface area contributed by atoms with E-state index in [0.717, 1.165) is 12.8 Å². The standard InChI is InChI=1S/C19H24N2O3/c1-13(22)14-7-9-16(10-8-14)20-19(24)15-11-18(23)21(12-15)17-5-3-2-4-6-17/h7-10,15,17H,2-6,11-12H2,1H3,(H,20,24)/t15-/m1/s1. The van der Waals surface area contributed by atoms with Crippen LogP contribution in [0.25, 0.3) is 0 Å². The molecule has 5 heteroatoms. The lowest BCUT2D eigenvalue weighted by atomic mass is 9.94. The largest absolute Gasteiger partial charge is 0.339 e. The highest BCUT2D eigenvalue weighted by Gasteiger charge is 2.38. The Kier molecular flexibility index (Phi) is 4.97. The molecule has 2 amide bonds. The van der Waals surface area contributed by atoms with Gasteiger partial charge >= 0.3 is 0 Å². The molecule has 1 atom stereocenters. The zero-order chi connectivity index (χ0) is 17.1. The van der Waals surface area contributed by atoms with Gasteiger partial charge in [0.05, 0.1) is 5.92 Å². The minimum Gasteiger partial charge on any atom is -0.339 e. The molecule has 1 aliphatic heterocycles. The molecule has 1 aliphatic carbocycles. The van der Waals surface area contributed by atoms with Gasteiger partial charge in [0.2, 0.25) is 11.8 Å². The Morgan fingerprint density at radius 3 is 2.38 bits per heavy atom. The van der Waals surface area contributed by atoms with Gasteiger partial charge in [-0.2, -0.15) is 0 Å². The zero-order valence-electron chi connectivity index (χ0n) is 14.1. The number of nitrogens with one attached hydrogen (secondary N) is 1. The summed E-state index contributed by atoms with van der Waals surface area (Å²) in [7, 11) is 0. The maximum Gasteiger partial charge on any atom is 0.229 e. The van der Waals surface area contributed by atoms with Gasteiger partial charge in [0.1, 0.15) is 0 Å². The molecular formula is C19H24N2O3. The number of carbonyl (C=O) groups is 3. The molecule has 1 aromatic rings. The molecule has 0 unspecified atom stereocenters. The van der Waals surface area contributed by atoms with E-state index >= 15 is 0 Å². The van der Waals surface area contributed by atoms with Crippen molar-refractivity contribution in [1.82, 2.24) is 4.90 Å². The molecular weight excluding hydrogens is 304 g/mol. The Morgan fingerprint density at radius 2 is 1.75 bits per heavy atom. The highest BCUT2D eigenvalue weighted by atomic mass is 16.2. The topological polar surface area (TPSA) is 66.5 Å². The van der Waals surface area contributed by atoms with Crippen molar-refractivity contribution in [3.8, 4) is 0 Å². The van der Waals surface area contributed by atoms with Crippen LogP contribution in [0.5, 0.6) is 0 Å². The van der Waals surface area contributed by atoms with Gasteiger partial charge in [-0.15, -0.1) is 0 Å². The number of nitrogens with zero attached hydrogens (tertiary/aromatic N) is 1. The number of likely N-dealkylation sites (tertiary alicyclic amines) is 1. The van der Waals surface area contributed by atoms with Crippen LogP contribution < -0.4 is 5.32 Å². The second-order valence-electron chi connectivity index (χ2n) is 6.86. The fraction of sp³-hybridized carbons (Fsp3) is 0.526. The third-order valence-electron chi connectivity index (χ3n) is 5.10. The first-order valence-electron chi connectivity index (χ1n) is 8.76. The van der Waals surface area contributed by atoms with E-state index in [2.05, 4.69) is 5.32 Å². The third-order valence-corrected chi connectivity index (χ3v) is 5.10. The molecule has 1 saturated carbocycles. The second kappa shape index (κ2) is 7.16. The van der Waals surface area contributed by atoms with Gasteiger partial charge in [0, 0.05) is 30.3 Å². The minimum atomic E-state index is -0.285. The molecule has 5 nitrogen and oxygen atoms in total. The number of rotatable bonds is 4. The summed E-state index contributed by atoms with van der Waals surface area (Å²) in [6, 6.07) is 7.17. The molecule has 3 rings (SSSR count). The predicted octanol–water partition coefficient (Wildman–Crippen LogP) is 3.01. The van der Waals surface area contributed by atoms with Crippen molar-refractivity contribution in [2.75, 3.05) is 11.9 Å². The molecule has 1 N–H and O–H groups in total. The zero-order valence-corrected chi connectivity index (χ0v) is 14.1. The number of benzene rings is 1. The van der Waals surface area contributed by atoms with Crippen molar-refractivity contribution < 1.29 is 14.4 Å². The van der Waals surface area contributed by atoms with Crippen molar-refractivity contribution in [2.24, 2.45) is 5.92 Å². The lowest BCUT2D eigenvalue weighted by Crippen LogP contribution is -2.38. The summed E-state index contributed by atoms with van der Waals surface area (Å²) in [6.07, 6.45) is 6.02. The van der Waals surface area contributed by atoms with Gasteiger partial charge in [-0.25, -0.2) is 0 Å². The number of hydrogen-bond acceptors (Lipinski definition) is 3. The first kappa shape index (κ1) is 16.7. The van der Waals surface area contributed by atoms with Crippen LogP contribution >= 0.6 is 0 Å². The number of hydrogen-bond donors (Lipinski definition) is 1. The third kappa shape index (κ3) is 3.66. The van der Waals surface area contributed by atoms with Crippen LogP contribution in [0.4, 0.5) is 5.69 Å². The van der Waals surface area contributed by atoms with E-state index in [9.17, 15) is 14.4 Å². The number of Topliss-reactive ketones (excluding diaryl/α,β-unsaturated/α-hetero) is 1. The fourth-order valence-electron chi connectivity index (χ4n) is 3.69. The Hall–Kier alpha value is -2.17. The minimum absolute atomic E-state index is 0.00242. The summed E-state index contributed by atoms with van der Waals surface area (Å²) in [6.45, 7) is 2.04. The monoisotopic (exact) mass is 328 g/mol. The molecule has 0 bridgehead atoms. The van der Waals surface area contributed by atoms with E-state index < -0.39 is 0 Å². The summed E-state index contributed by atoms with van der Waals surface area (Å²) >= 11 is 0. The Morgan fingerprint density at radius 1 is 1.08 bits per heavy atom. The van der Waals surface area contributed by atoms with Crippen LogP contribution in [-0.4, -0.2) is 35.1 Å². The lowest BCUT2D eigenvalue weighted by molar-refractivity contribution is -0.130. The molecule has 1 saturated heterocycles. The molecule has 1 aromatic carbocycles. The molecule has 24 heavy (non-hydrogen) atoms. The molecule has 0 spiro atoms. The Balaban J connectivity index is 1.59. The van der Waals surface area contributed by atoms with Gasteiger partial charge in [0.15, 0.2) is 5.78 Å². The fourth-order valence-corrected chi connectivity index (χ4v) is 3.69. The smallest absolute Gasteiger partial charge is 0.229 e. The quantitative estimate of drug-likeness (QED) is 0.864. The van der Waals surface area contributed by atoms with Crippen LogP contribution in [0.15, 0.2) is 24.3 Å². The number of carbonyl (C=O) groups excluding carboxylic acids is 3. The van der Waals surface area contributed by atoms with Crippen molar-refractivity contribution in [2.45, 2.75) is 51.5 Å². The molecule has 0 radical (unpaired) electrons. The van der Waals surface area contributed by atoms with Crippen molar-refractivity contribution in [1.29, 1.82) is 0 Å². The number of ketones is 1. The summed E-state index contributed by atoms with van der Waals surface area (Å²) < 4.78 is 0. The SMILES string of the molecule is CC(=O)c1ccc(NC(=O)[C@@H]2CC(=O)N(C3CCCCC3)C2)cc1. The molecule has 128 valence electrons. The molecule has 2 aliphatic rings. The van der Waals surface area contributed by atoms with Crippen LogP contribution in [0.1, 0.15) is 55.8 Å². The molecule has 2 fully saturated rings. The Bertz CT molecular complexity index is 633. The van der Waals surface area contributed by atoms with Gasteiger partial charge in [0.25, 0.3) is 0 Å². The summed E-state index contributed by atoms with van der Waals surface area (Å²) in [5.74, 6) is -0.296. The van der Waals surface area contributed by atoms with Crippen LogP contribution in [0.3, 0.4) is 0 Å². The number of anilines is 1. The van der Waals surface area contributed by atoms with Gasteiger partial charge in [-0.05, 0) is 44.0 Å². The average Bonchev–Trinajstić information content (AvgIpc) is 2.98. The summed E-state index contributed by atoms with van der Waals surface area (Å²) in [5, 5.41) is 2.86. The number of amides is 2. The highest BCUT2D eigenvalue weighted by molar-refractivity contribution is 5.98. The van der Waals surface area contributed by atoms with E-state index in [4.69, 9.17) is 0 Å². The summed E-state index contributed by atoms with van der Waals surface area (Å²) in [5.41, 5.74) is 1.28. The van der Waals surface area contributed by atoms with Gasteiger partial charge in [-0.3, -0.25) is 14.4 Å². The maximum absolute atomic E-state index is 12.5. The molecule has 1 heterocycles. The first-order chi connectivity index (χ1) is 11.5. The van der Waals surface area contributed by atoms with Crippen LogP contribution in [-0.2, 0) is 9.59 Å².